The molecule has 84 valence electrons. The van der Waals surface area contributed by atoms with Crippen molar-refractivity contribution in [2.45, 2.75) is 19.3 Å². The zero-order valence-electron chi connectivity index (χ0n) is 8.60. The van der Waals surface area contributed by atoms with Gasteiger partial charge in [0.15, 0.2) is 0 Å². The maximum atomic E-state index is 11.3. The second-order valence-corrected chi connectivity index (χ2v) is 3.22. The van der Waals surface area contributed by atoms with Crippen molar-refractivity contribution in [1.82, 2.24) is 5.01 Å². The Kier molecular flexibility index (Phi) is 4.23. The SMILES string of the molecule is COCCCN1N=C(C(=O)O)CCC1=O. The Morgan fingerprint density at radius 1 is 1.60 bits per heavy atom. The number of hydrogen-bond acceptors (Lipinski definition) is 4. The molecule has 6 nitrogen and oxygen atoms in total. The van der Waals surface area contributed by atoms with Crippen molar-refractivity contribution in [3.05, 3.63) is 0 Å². The molecule has 1 aliphatic heterocycles. The number of carbonyl (C=O) groups excluding carboxylic acids is 1. The average Bonchev–Trinajstić information content (AvgIpc) is 2.20. The first-order chi connectivity index (χ1) is 7.15. The summed E-state index contributed by atoms with van der Waals surface area (Å²) in [5.41, 5.74) is 0.0482. The fraction of sp³-hybridized carbons (Fsp3) is 0.667. The first-order valence-electron chi connectivity index (χ1n) is 4.75. The van der Waals surface area contributed by atoms with Crippen molar-refractivity contribution in [2.75, 3.05) is 20.3 Å². The Morgan fingerprint density at radius 3 is 2.93 bits per heavy atom. The minimum absolute atomic E-state index is 0.0482. The number of rotatable bonds is 5. The van der Waals surface area contributed by atoms with E-state index in [2.05, 4.69) is 5.10 Å². The van der Waals surface area contributed by atoms with Gasteiger partial charge in [0.2, 0.25) is 5.91 Å². The van der Waals surface area contributed by atoms with Crippen LogP contribution in [0.3, 0.4) is 0 Å². The van der Waals surface area contributed by atoms with E-state index in [0.29, 0.717) is 19.6 Å². The smallest absolute Gasteiger partial charge is 0.352 e. The van der Waals surface area contributed by atoms with Crippen molar-refractivity contribution in [3.8, 4) is 0 Å². The van der Waals surface area contributed by atoms with E-state index in [9.17, 15) is 9.59 Å². The molecule has 1 aliphatic rings. The average molecular weight is 214 g/mol. The molecule has 0 unspecified atom stereocenters. The number of aliphatic carboxylic acids is 1. The van der Waals surface area contributed by atoms with Crippen molar-refractivity contribution in [3.63, 3.8) is 0 Å². The number of methoxy groups -OCH3 is 1. The van der Waals surface area contributed by atoms with Crippen LogP contribution in [-0.4, -0.2) is 48.0 Å². The lowest BCUT2D eigenvalue weighted by atomic mass is 10.1. The van der Waals surface area contributed by atoms with Gasteiger partial charge in [-0.1, -0.05) is 0 Å². The normalized spacial score (nSPS) is 16.5. The van der Waals surface area contributed by atoms with Crippen LogP contribution >= 0.6 is 0 Å². The van der Waals surface area contributed by atoms with Gasteiger partial charge in [-0.25, -0.2) is 9.80 Å². The lowest BCUT2D eigenvalue weighted by Gasteiger charge is -2.21. The third-order valence-electron chi connectivity index (χ3n) is 2.07. The van der Waals surface area contributed by atoms with Crippen LogP contribution in [-0.2, 0) is 14.3 Å². The van der Waals surface area contributed by atoms with Crippen LogP contribution < -0.4 is 0 Å². The fourth-order valence-corrected chi connectivity index (χ4v) is 1.29. The van der Waals surface area contributed by atoms with E-state index in [4.69, 9.17) is 9.84 Å². The molecule has 15 heavy (non-hydrogen) atoms. The molecule has 0 fully saturated rings. The third kappa shape index (κ3) is 3.32. The highest BCUT2D eigenvalue weighted by molar-refractivity contribution is 6.36. The molecule has 0 spiro atoms. The predicted molar refractivity (Wildman–Crippen MR) is 52.5 cm³/mol. The number of nitrogens with zero attached hydrogens (tertiary/aromatic N) is 2. The van der Waals surface area contributed by atoms with E-state index in [0.717, 1.165) is 0 Å². The van der Waals surface area contributed by atoms with Crippen molar-refractivity contribution in [1.29, 1.82) is 0 Å². The van der Waals surface area contributed by atoms with Gasteiger partial charge in [0.1, 0.15) is 5.71 Å². The molecule has 1 amide bonds. The van der Waals surface area contributed by atoms with Crippen molar-refractivity contribution >= 4 is 17.6 Å². The Labute approximate surface area is 87.5 Å². The molecule has 0 aliphatic carbocycles. The first-order valence-corrected chi connectivity index (χ1v) is 4.75. The molecule has 0 aromatic carbocycles. The Balaban J connectivity index is 2.55. The monoisotopic (exact) mass is 214 g/mol. The molecule has 0 saturated carbocycles. The van der Waals surface area contributed by atoms with Crippen molar-refractivity contribution < 1.29 is 19.4 Å². The Bertz CT molecular complexity index is 288. The largest absolute Gasteiger partial charge is 0.477 e. The molecule has 6 heteroatoms. The van der Waals surface area contributed by atoms with Crippen molar-refractivity contribution in [2.24, 2.45) is 5.10 Å². The summed E-state index contributed by atoms with van der Waals surface area (Å²) in [6, 6.07) is 0. The summed E-state index contributed by atoms with van der Waals surface area (Å²) in [4.78, 5) is 22.0. The summed E-state index contributed by atoms with van der Waals surface area (Å²) < 4.78 is 4.84. The molecular weight excluding hydrogens is 200 g/mol. The molecule has 0 bridgehead atoms. The number of hydrogen-bond donors (Lipinski definition) is 1. The Morgan fingerprint density at radius 2 is 2.33 bits per heavy atom. The van der Waals surface area contributed by atoms with Gasteiger partial charge in [-0.3, -0.25) is 4.79 Å². The van der Waals surface area contributed by atoms with Crippen LogP contribution in [0.1, 0.15) is 19.3 Å². The van der Waals surface area contributed by atoms with E-state index < -0.39 is 5.97 Å². The van der Waals surface area contributed by atoms with Gasteiger partial charge in [0, 0.05) is 33.1 Å². The number of carbonyl (C=O) groups is 2. The summed E-state index contributed by atoms with van der Waals surface area (Å²) in [7, 11) is 1.57. The van der Waals surface area contributed by atoms with E-state index in [-0.39, 0.29) is 24.5 Å². The molecule has 0 saturated heterocycles. The van der Waals surface area contributed by atoms with Gasteiger partial charge >= 0.3 is 5.97 Å². The standard InChI is InChI=1S/C9H14N2O4/c1-15-6-2-5-11-8(12)4-3-7(10-11)9(13)14/h2-6H2,1H3,(H,13,14). The Hall–Kier alpha value is -1.43. The molecule has 0 aromatic rings. The van der Waals surface area contributed by atoms with Crippen LogP contribution in [0.25, 0.3) is 0 Å². The van der Waals surface area contributed by atoms with Crippen LogP contribution in [0.2, 0.25) is 0 Å². The highest BCUT2D eigenvalue weighted by Crippen LogP contribution is 2.09. The minimum Gasteiger partial charge on any atom is -0.477 e. The zero-order valence-corrected chi connectivity index (χ0v) is 8.60. The van der Waals surface area contributed by atoms with Crippen LogP contribution in [0.4, 0.5) is 0 Å². The number of ether oxygens (including phenoxy) is 1. The molecule has 0 atom stereocenters. The van der Waals surface area contributed by atoms with Gasteiger partial charge in [-0.2, -0.15) is 5.10 Å². The predicted octanol–water partition coefficient (Wildman–Crippen LogP) is 0.0859. The van der Waals surface area contributed by atoms with Gasteiger partial charge in [-0.15, -0.1) is 0 Å². The fourth-order valence-electron chi connectivity index (χ4n) is 1.29. The molecule has 1 rings (SSSR count). The lowest BCUT2D eigenvalue weighted by Crippen LogP contribution is -2.35. The van der Waals surface area contributed by atoms with Gasteiger partial charge in [0.05, 0.1) is 0 Å². The third-order valence-corrected chi connectivity index (χ3v) is 2.07. The number of carboxylic acid groups (broad SMARTS) is 1. The van der Waals surface area contributed by atoms with Crippen LogP contribution in [0.5, 0.6) is 0 Å². The van der Waals surface area contributed by atoms with E-state index in [1.807, 2.05) is 0 Å². The highest BCUT2D eigenvalue weighted by Gasteiger charge is 2.23. The number of carboxylic acids is 1. The molecule has 0 aromatic heterocycles. The van der Waals surface area contributed by atoms with Gasteiger partial charge in [0.25, 0.3) is 0 Å². The zero-order chi connectivity index (χ0) is 11.3. The quantitative estimate of drug-likeness (QED) is 0.657. The minimum atomic E-state index is -1.06. The summed E-state index contributed by atoms with van der Waals surface area (Å²) in [6.45, 7) is 0.936. The second-order valence-electron chi connectivity index (χ2n) is 3.22. The first kappa shape index (κ1) is 11.6. The molecule has 0 radical (unpaired) electrons. The number of hydrazone groups is 1. The summed E-state index contributed by atoms with van der Waals surface area (Å²) in [5.74, 6) is -1.18. The number of amides is 1. The molecular formula is C9H14N2O4. The summed E-state index contributed by atoms with van der Waals surface area (Å²) >= 11 is 0. The second kappa shape index (κ2) is 5.45. The van der Waals surface area contributed by atoms with E-state index >= 15 is 0 Å². The summed E-state index contributed by atoms with van der Waals surface area (Å²) in [5, 5.41) is 13.7. The van der Waals surface area contributed by atoms with Gasteiger partial charge in [-0.05, 0) is 6.42 Å². The van der Waals surface area contributed by atoms with E-state index in [1.165, 1.54) is 5.01 Å². The lowest BCUT2D eigenvalue weighted by molar-refractivity contribution is -0.133. The molecule has 1 heterocycles. The van der Waals surface area contributed by atoms with Gasteiger partial charge < -0.3 is 9.84 Å². The van der Waals surface area contributed by atoms with Crippen LogP contribution in [0, 0.1) is 0 Å². The highest BCUT2D eigenvalue weighted by atomic mass is 16.5. The topological polar surface area (TPSA) is 79.2 Å². The maximum Gasteiger partial charge on any atom is 0.352 e. The van der Waals surface area contributed by atoms with E-state index in [1.54, 1.807) is 7.11 Å². The molecule has 1 N–H and O–H groups in total. The maximum absolute atomic E-state index is 11.3. The summed E-state index contributed by atoms with van der Waals surface area (Å²) in [6.07, 6.45) is 1.09. The van der Waals surface area contributed by atoms with Crippen LogP contribution in [0.15, 0.2) is 5.10 Å².